The van der Waals surface area contributed by atoms with E-state index in [1.165, 1.54) is 93.2 Å². The molecule has 0 unspecified atom stereocenters. The summed E-state index contributed by atoms with van der Waals surface area (Å²) in [6, 6.07) is 133. The number of rotatable bonds is 10. The van der Waals surface area contributed by atoms with Crippen molar-refractivity contribution in [2.45, 2.75) is 52.4 Å². The van der Waals surface area contributed by atoms with Gasteiger partial charge in [-0.1, -0.05) is 327 Å². The zero-order valence-electron chi connectivity index (χ0n) is 59.4. The van der Waals surface area contributed by atoms with Crippen molar-refractivity contribution in [3.63, 3.8) is 0 Å². The average Bonchev–Trinajstić information content (AvgIpc) is 0.842. The minimum absolute atomic E-state index is 0.204. The maximum atomic E-state index is 2.71. The van der Waals surface area contributed by atoms with Gasteiger partial charge in [0.15, 0.2) is 0 Å². The molecular formula is C100H76BN3. The first kappa shape index (κ1) is 62.5. The minimum atomic E-state index is -0.271. The molecule has 0 N–H and O–H groups in total. The first-order valence-corrected chi connectivity index (χ1v) is 36.6. The highest BCUT2D eigenvalue weighted by atomic mass is 15.2. The first-order chi connectivity index (χ1) is 50.9. The molecule has 2 aliphatic rings. The van der Waals surface area contributed by atoms with Crippen LogP contribution in [0.3, 0.4) is 0 Å². The molecule has 19 rings (SSSR count). The molecule has 0 atom stereocenters. The van der Waals surface area contributed by atoms with Crippen LogP contribution >= 0.6 is 0 Å². The molecule has 494 valence electrons. The summed E-state index contributed by atoms with van der Waals surface area (Å²) < 4.78 is 2.60. The van der Waals surface area contributed by atoms with E-state index < -0.39 is 0 Å². The summed E-state index contributed by atoms with van der Waals surface area (Å²) >= 11 is 0. The zero-order valence-corrected chi connectivity index (χ0v) is 59.4. The molecule has 17 aromatic rings. The smallest absolute Gasteiger partial charge is 0.252 e. The van der Waals surface area contributed by atoms with Crippen LogP contribution in [0.5, 0.6) is 0 Å². The maximum Gasteiger partial charge on any atom is 0.252 e. The maximum absolute atomic E-state index is 2.71. The number of aromatic nitrogens is 1. The molecule has 0 aliphatic carbocycles. The van der Waals surface area contributed by atoms with E-state index in [1.807, 2.05) is 0 Å². The van der Waals surface area contributed by atoms with Crippen molar-refractivity contribution in [1.29, 1.82) is 0 Å². The van der Waals surface area contributed by atoms with Crippen molar-refractivity contribution in [1.82, 2.24) is 4.57 Å². The van der Waals surface area contributed by atoms with Gasteiger partial charge in [-0.25, -0.2) is 0 Å². The summed E-state index contributed by atoms with van der Waals surface area (Å²) in [5.41, 5.74) is 32.1. The van der Waals surface area contributed by atoms with Crippen LogP contribution in [0, 0.1) is 0 Å². The molecule has 3 nitrogen and oxygen atoms in total. The summed E-state index contributed by atoms with van der Waals surface area (Å²) in [4.78, 5) is 5.43. The van der Waals surface area contributed by atoms with Crippen LogP contribution in [0.1, 0.15) is 52.7 Å². The lowest BCUT2D eigenvalue weighted by molar-refractivity contribution is 0.590. The van der Waals surface area contributed by atoms with Crippen molar-refractivity contribution < 1.29 is 0 Å². The molecular weight excluding hydrogens is 1250 g/mol. The fourth-order valence-corrected chi connectivity index (χ4v) is 16.9. The third kappa shape index (κ3) is 10.4. The van der Waals surface area contributed by atoms with E-state index in [0.717, 1.165) is 95.4 Å². The van der Waals surface area contributed by atoms with Gasteiger partial charge in [0.2, 0.25) is 0 Å². The van der Waals surface area contributed by atoms with Crippen LogP contribution in [0.2, 0.25) is 0 Å². The fourth-order valence-electron chi connectivity index (χ4n) is 16.9. The molecule has 1 aromatic heterocycles. The van der Waals surface area contributed by atoms with Gasteiger partial charge in [0, 0.05) is 55.8 Å². The summed E-state index contributed by atoms with van der Waals surface area (Å²) in [6.07, 6.45) is 0. The molecule has 2 aliphatic heterocycles. The lowest BCUT2D eigenvalue weighted by Crippen LogP contribution is -2.61. The standard InChI is InChI=1S/C100H76BN3/c1-99(2,3)76-59-82(68-34-17-9-18-35-68)97(83(60-76)69-36-19-10-20-37-69)103-90-53-49-73(65-30-13-7-14-31-65)57-87(90)101-88-58-74(66-32-15-8-16-33-66)50-54-91(88)104(98-84(70-38-21-11-22-39-70)61-77(100(4,5)6)62-85(98)71-40-23-12-24-41-71)94-64-78(63-93(103)96(94)101)102-89-52-51-75(80-47-29-44-67-42-25-27-45-79(67)80)56-86(89)95-81-46-28-26-43-72(81)48-55-92(95)102/h7-64H,1-6H3. The number of benzene rings is 16. The van der Waals surface area contributed by atoms with Gasteiger partial charge >= 0.3 is 0 Å². The molecule has 4 heteroatoms. The Morgan fingerprint density at radius 3 is 1.07 bits per heavy atom. The van der Waals surface area contributed by atoms with Crippen molar-refractivity contribution in [2.75, 3.05) is 9.80 Å². The Morgan fingerprint density at radius 2 is 0.625 bits per heavy atom. The number of fused-ring (bicyclic) bond motifs is 10. The normalized spacial score (nSPS) is 12.7. The molecule has 0 saturated carbocycles. The van der Waals surface area contributed by atoms with Gasteiger partial charge in [-0.15, -0.1) is 0 Å². The third-order valence-corrected chi connectivity index (χ3v) is 22.0. The van der Waals surface area contributed by atoms with E-state index in [9.17, 15) is 0 Å². The Morgan fingerprint density at radius 1 is 0.250 bits per heavy atom. The average molecular weight is 1330 g/mol. The minimum Gasteiger partial charge on any atom is -0.310 e. The number of anilines is 6. The molecule has 0 spiro atoms. The van der Waals surface area contributed by atoms with Crippen LogP contribution in [0.25, 0.3) is 127 Å². The number of hydrogen-bond donors (Lipinski definition) is 0. The predicted molar refractivity (Wildman–Crippen MR) is 445 cm³/mol. The molecule has 104 heavy (non-hydrogen) atoms. The zero-order chi connectivity index (χ0) is 70.0. The van der Waals surface area contributed by atoms with E-state index in [-0.39, 0.29) is 17.5 Å². The summed E-state index contributed by atoms with van der Waals surface area (Å²) in [5, 5.41) is 7.30. The Kier molecular flexibility index (Phi) is 14.8. The number of hydrogen-bond acceptors (Lipinski definition) is 2. The summed E-state index contributed by atoms with van der Waals surface area (Å²) in [5.74, 6) is 0. The van der Waals surface area contributed by atoms with E-state index in [0.29, 0.717) is 0 Å². The van der Waals surface area contributed by atoms with Gasteiger partial charge in [0.1, 0.15) is 0 Å². The third-order valence-electron chi connectivity index (χ3n) is 22.0. The monoisotopic (exact) mass is 1330 g/mol. The van der Waals surface area contributed by atoms with E-state index >= 15 is 0 Å². The van der Waals surface area contributed by atoms with Crippen molar-refractivity contribution >= 4 is 101 Å². The van der Waals surface area contributed by atoms with Crippen LogP contribution in [0.15, 0.2) is 352 Å². The highest BCUT2D eigenvalue weighted by Gasteiger charge is 2.46. The van der Waals surface area contributed by atoms with Crippen molar-refractivity contribution in [3.05, 3.63) is 363 Å². The Labute approximate surface area is 610 Å². The molecule has 3 heterocycles. The van der Waals surface area contributed by atoms with Crippen LogP contribution < -0.4 is 26.2 Å². The second-order valence-corrected chi connectivity index (χ2v) is 30.4. The van der Waals surface area contributed by atoms with E-state index in [2.05, 4.69) is 408 Å². The van der Waals surface area contributed by atoms with Gasteiger partial charge in [0.25, 0.3) is 6.71 Å². The Balaban J connectivity index is 1.03. The molecule has 0 radical (unpaired) electrons. The summed E-state index contributed by atoms with van der Waals surface area (Å²) in [7, 11) is 0. The van der Waals surface area contributed by atoms with Gasteiger partial charge in [-0.3, -0.25) is 0 Å². The highest BCUT2D eigenvalue weighted by Crippen LogP contribution is 2.56. The van der Waals surface area contributed by atoms with Crippen LogP contribution in [0.4, 0.5) is 34.1 Å². The largest absolute Gasteiger partial charge is 0.310 e. The van der Waals surface area contributed by atoms with Gasteiger partial charge in [0.05, 0.1) is 28.1 Å². The first-order valence-electron chi connectivity index (χ1n) is 36.6. The molecule has 0 bridgehead atoms. The molecule has 0 fully saturated rings. The fraction of sp³-hybridized carbons (Fsp3) is 0.0800. The SMILES string of the molecule is CC(C)(C)c1cc(-c2ccccc2)c(N2c3ccc(-c4ccccc4)cc3B3c4cc(-c5ccccc5)ccc4N(c4c(-c5ccccc5)cc(C(C)(C)C)cc4-c4ccccc4)c4cc(-n5c6ccc(-c7cccc8ccccc78)cc6c6c7ccccc7ccc65)cc2c43)c(-c2ccccc2)c1. The van der Waals surface area contributed by atoms with E-state index in [1.54, 1.807) is 0 Å². The second-order valence-electron chi connectivity index (χ2n) is 30.4. The Bertz CT molecular complexity index is 5840. The molecule has 0 saturated heterocycles. The van der Waals surface area contributed by atoms with Crippen LogP contribution in [-0.2, 0) is 10.8 Å². The van der Waals surface area contributed by atoms with Gasteiger partial charge < -0.3 is 14.4 Å². The molecule has 0 amide bonds. The molecule has 16 aromatic carbocycles. The van der Waals surface area contributed by atoms with E-state index in [4.69, 9.17) is 0 Å². The topological polar surface area (TPSA) is 11.4 Å². The lowest BCUT2D eigenvalue weighted by Gasteiger charge is -2.46. The van der Waals surface area contributed by atoms with Crippen LogP contribution in [-0.4, -0.2) is 11.3 Å². The quantitative estimate of drug-likeness (QED) is 0.126. The Hall–Kier alpha value is -12.5. The second kappa shape index (κ2) is 24.6. The predicted octanol–water partition coefficient (Wildman–Crippen LogP) is 25.4. The highest BCUT2D eigenvalue weighted by molar-refractivity contribution is 7.00. The number of nitrogens with zero attached hydrogens (tertiary/aromatic N) is 3. The van der Waals surface area contributed by atoms with Crippen molar-refractivity contribution in [2.24, 2.45) is 0 Å². The summed E-state index contributed by atoms with van der Waals surface area (Å²) in [6.45, 7) is 13.9. The lowest BCUT2D eigenvalue weighted by atomic mass is 9.33. The van der Waals surface area contributed by atoms with Gasteiger partial charge in [-0.05, 0) is 182 Å². The van der Waals surface area contributed by atoms with Crippen molar-refractivity contribution in [3.8, 4) is 83.6 Å². The van der Waals surface area contributed by atoms with Gasteiger partial charge in [-0.2, -0.15) is 0 Å².